The minimum atomic E-state index is -0.633. The Kier molecular flexibility index (Phi) is 7.12. The zero-order valence-electron chi connectivity index (χ0n) is 14.3. The normalized spacial score (nSPS) is 10.5. The first-order valence-electron chi connectivity index (χ1n) is 8.16. The molecule has 26 heavy (non-hydrogen) atoms. The fourth-order valence-electron chi connectivity index (χ4n) is 2.36. The smallest absolute Gasteiger partial charge is 0.330 e. The number of rotatable bonds is 6. The molecule has 0 aliphatic heterocycles. The molecule has 0 aromatic heterocycles. The zero-order valence-corrected chi connectivity index (χ0v) is 14.3. The van der Waals surface area contributed by atoms with Crippen LogP contribution in [0.25, 0.3) is 0 Å². The molecule has 0 aliphatic carbocycles. The van der Waals surface area contributed by atoms with Crippen molar-refractivity contribution >= 4 is 17.8 Å². The van der Waals surface area contributed by atoms with Crippen molar-refractivity contribution in [2.24, 2.45) is 0 Å². The minimum absolute atomic E-state index is 0.220. The van der Waals surface area contributed by atoms with Crippen molar-refractivity contribution in [3.63, 3.8) is 0 Å². The van der Waals surface area contributed by atoms with Crippen LogP contribution in [0.5, 0.6) is 0 Å². The highest BCUT2D eigenvalue weighted by molar-refractivity contribution is 5.96. The van der Waals surface area contributed by atoms with Gasteiger partial charge in [0.2, 0.25) is 5.91 Å². The Morgan fingerprint density at radius 3 is 1.92 bits per heavy atom. The van der Waals surface area contributed by atoms with Gasteiger partial charge in [0.05, 0.1) is 12.5 Å². The molecule has 6 nitrogen and oxygen atoms in total. The van der Waals surface area contributed by atoms with Gasteiger partial charge in [-0.1, -0.05) is 60.7 Å². The molecular formula is C20H20N2O4. The van der Waals surface area contributed by atoms with Gasteiger partial charge in [0.15, 0.2) is 0 Å². The molecule has 2 N–H and O–H groups in total. The molecule has 0 saturated carbocycles. The maximum atomic E-state index is 12.6. The van der Waals surface area contributed by atoms with Crippen LogP contribution in [0.3, 0.4) is 0 Å². The highest BCUT2D eigenvalue weighted by atomic mass is 16.5. The number of esters is 1. The van der Waals surface area contributed by atoms with Crippen LogP contribution in [0.15, 0.2) is 72.8 Å². The van der Waals surface area contributed by atoms with Crippen molar-refractivity contribution in [3.05, 3.63) is 83.9 Å². The minimum Gasteiger partial charge on any atom is -0.463 e. The molecule has 0 bridgehead atoms. The quantitative estimate of drug-likeness (QED) is 0.474. The van der Waals surface area contributed by atoms with Gasteiger partial charge in [-0.25, -0.2) is 4.79 Å². The second kappa shape index (κ2) is 9.78. The first-order chi connectivity index (χ1) is 12.6. The molecule has 2 amide bonds. The molecule has 0 radical (unpaired) electrons. The van der Waals surface area contributed by atoms with E-state index >= 15 is 0 Å². The average Bonchev–Trinajstić information content (AvgIpc) is 2.67. The SMILES string of the molecule is CCOC(=O)/C=C\C(=O)NNC(=O)C(c1ccccc1)c1ccccc1. The number of nitrogens with one attached hydrogen (secondary N) is 2. The van der Waals surface area contributed by atoms with E-state index in [1.54, 1.807) is 6.92 Å². The van der Waals surface area contributed by atoms with Crippen molar-refractivity contribution in [1.29, 1.82) is 0 Å². The predicted molar refractivity (Wildman–Crippen MR) is 96.8 cm³/mol. The van der Waals surface area contributed by atoms with Crippen molar-refractivity contribution in [1.82, 2.24) is 10.9 Å². The molecule has 0 atom stereocenters. The lowest BCUT2D eigenvalue weighted by Crippen LogP contribution is -2.43. The van der Waals surface area contributed by atoms with E-state index in [0.717, 1.165) is 23.3 Å². The van der Waals surface area contributed by atoms with Crippen molar-refractivity contribution in [2.45, 2.75) is 12.8 Å². The molecule has 0 fully saturated rings. The Morgan fingerprint density at radius 2 is 1.42 bits per heavy atom. The maximum absolute atomic E-state index is 12.6. The van der Waals surface area contributed by atoms with Crippen LogP contribution in [-0.4, -0.2) is 24.4 Å². The molecular weight excluding hydrogens is 332 g/mol. The molecule has 0 aliphatic rings. The third kappa shape index (κ3) is 5.59. The molecule has 0 unspecified atom stereocenters. The maximum Gasteiger partial charge on any atom is 0.330 e. The van der Waals surface area contributed by atoms with Crippen LogP contribution in [0.2, 0.25) is 0 Å². The summed E-state index contributed by atoms with van der Waals surface area (Å²) in [4.78, 5) is 35.6. The Hall–Kier alpha value is -3.41. The van der Waals surface area contributed by atoms with Crippen molar-refractivity contribution in [2.75, 3.05) is 6.61 Å². The summed E-state index contributed by atoms with van der Waals surface area (Å²) in [5.41, 5.74) is 6.26. The van der Waals surface area contributed by atoms with Crippen LogP contribution >= 0.6 is 0 Å². The number of hydrazine groups is 1. The predicted octanol–water partition coefficient (Wildman–Crippen LogP) is 2.09. The number of carbonyl (C=O) groups is 3. The van der Waals surface area contributed by atoms with Crippen molar-refractivity contribution < 1.29 is 19.1 Å². The number of amides is 2. The van der Waals surface area contributed by atoms with Crippen LogP contribution < -0.4 is 10.9 Å². The second-order valence-corrected chi connectivity index (χ2v) is 5.32. The molecule has 2 aromatic carbocycles. The highest BCUT2D eigenvalue weighted by Gasteiger charge is 2.22. The third-order valence-electron chi connectivity index (χ3n) is 3.49. The first-order valence-corrected chi connectivity index (χ1v) is 8.16. The Morgan fingerprint density at radius 1 is 0.885 bits per heavy atom. The van der Waals surface area contributed by atoms with Gasteiger partial charge < -0.3 is 4.74 Å². The van der Waals surface area contributed by atoms with Gasteiger partial charge >= 0.3 is 5.97 Å². The number of benzene rings is 2. The van der Waals surface area contributed by atoms with E-state index in [1.807, 2.05) is 60.7 Å². The van der Waals surface area contributed by atoms with E-state index in [9.17, 15) is 14.4 Å². The van der Waals surface area contributed by atoms with E-state index in [4.69, 9.17) is 0 Å². The lowest BCUT2D eigenvalue weighted by Gasteiger charge is -2.17. The van der Waals surface area contributed by atoms with E-state index in [1.165, 1.54) is 0 Å². The fraction of sp³-hybridized carbons (Fsp3) is 0.150. The van der Waals surface area contributed by atoms with E-state index < -0.39 is 17.8 Å². The first kappa shape index (κ1) is 18.9. The average molecular weight is 352 g/mol. The molecule has 0 spiro atoms. The summed E-state index contributed by atoms with van der Waals surface area (Å²) in [6, 6.07) is 18.5. The standard InChI is InChI=1S/C20H20N2O4/c1-2-26-18(24)14-13-17(23)21-22-20(25)19(15-9-5-3-6-10-15)16-11-7-4-8-12-16/h3-14,19H,2H2,1H3,(H,21,23)(H,22,25)/b14-13-. The summed E-state index contributed by atoms with van der Waals surface area (Å²) in [6.07, 6.45) is 2.00. The fourth-order valence-corrected chi connectivity index (χ4v) is 2.36. The topological polar surface area (TPSA) is 84.5 Å². The van der Waals surface area contributed by atoms with E-state index in [0.29, 0.717) is 0 Å². The number of hydrogen-bond acceptors (Lipinski definition) is 4. The van der Waals surface area contributed by atoms with Crippen LogP contribution in [0, 0.1) is 0 Å². The molecule has 0 saturated heterocycles. The van der Waals surface area contributed by atoms with Gasteiger partial charge in [-0.3, -0.25) is 20.4 Å². The van der Waals surface area contributed by atoms with Crippen LogP contribution in [-0.2, 0) is 19.1 Å². The molecule has 134 valence electrons. The lowest BCUT2D eigenvalue weighted by molar-refractivity contribution is -0.137. The van der Waals surface area contributed by atoms with Crippen LogP contribution in [0.4, 0.5) is 0 Å². The Balaban J connectivity index is 2.06. The largest absolute Gasteiger partial charge is 0.463 e. The zero-order chi connectivity index (χ0) is 18.8. The Labute approximate surface area is 151 Å². The van der Waals surface area contributed by atoms with Gasteiger partial charge in [-0.15, -0.1) is 0 Å². The van der Waals surface area contributed by atoms with Gasteiger partial charge in [0.1, 0.15) is 0 Å². The molecule has 2 rings (SSSR count). The highest BCUT2D eigenvalue weighted by Crippen LogP contribution is 2.24. The van der Waals surface area contributed by atoms with Crippen LogP contribution in [0.1, 0.15) is 24.0 Å². The van der Waals surface area contributed by atoms with Gasteiger partial charge in [0, 0.05) is 12.2 Å². The summed E-state index contributed by atoms with van der Waals surface area (Å²) in [5, 5.41) is 0. The van der Waals surface area contributed by atoms with Gasteiger partial charge in [-0.05, 0) is 18.1 Å². The number of carbonyl (C=O) groups excluding carboxylic acids is 3. The lowest BCUT2D eigenvalue weighted by atomic mass is 9.91. The monoisotopic (exact) mass is 352 g/mol. The second-order valence-electron chi connectivity index (χ2n) is 5.32. The summed E-state index contributed by atoms with van der Waals surface area (Å²) in [5.74, 6) is -2.22. The van der Waals surface area contributed by atoms with E-state index in [-0.39, 0.29) is 12.5 Å². The Bertz CT molecular complexity index is 733. The number of hydrogen-bond donors (Lipinski definition) is 2. The molecule has 2 aromatic rings. The molecule has 6 heteroatoms. The van der Waals surface area contributed by atoms with E-state index in [2.05, 4.69) is 15.6 Å². The third-order valence-corrected chi connectivity index (χ3v) is 3.49. The number of ether oxygens (including phenoxy) is 1. The van der Waals surface area contributed by atoms with Crippen molar-refractivity contribution in [3.8, 4) is 0 Å². The summed E-state index contributed by atoms with van der Waals surface area (Å²) < 4.78 is 4.68. The molecule has 0 heterocycles. The van der Waals surface area contributed by atoms with Gasteiger partial charge in [0.25, 0.3) is 5.91 Å². The van der Waals surface area contributed by atoms with Gasteiger partial charge in [-0.2, -0.15) is 0 Å². The summed E-state index contributed by atoms with van der Waals surface area (Å²) >= 11 is 0. The summed E-state index contributed by atoms with van der Waals surface area (Å²) in [7, 11) is 0. The summed E-state index contributed by atoms with van der Waals surface area (Å²) in [6.45, 7) is 1.89.